The van der Waals surface area contributed by atoms with Crippen molar-refractivity contribution >= 4 is 16.7 Å². The van der Waals surface area contributed by atoms with Gasteiger partial charge in [0.05, 0.1) is 17.7 Å². The molecule has 3 aliphatic rings. The van der Waals surface area contributed by atoms with Crippen LogP contribution >= 0.6 is 0 Å². The zero-order valence-electron chi connectivity index (χ0n) is 21.9. The van der Waals surface area contributed by atoms with E-state index in [-0.39, 0.29) is 12.0 Å². The summed E-state index contributed by atoms with van der Waals surface area (Å²) in [7, 11) is 0. The van der Waals surface area contributed by atoms with E-state index in [2.05, 4.69) is 29.2 Å². The second kappa shape index (κ2) is 9.83. The SMILES string of the molecule is CCOC(=O)c1cc(-c2ccc(C34CCN(CC3)CC4)cc2)c2ccc(-c3ccc(C(F)(F)F)cc3)cc2c1. The first-order valence-electron chi connectivity index (χ1n) is 13.5. The van der Waals surface area contributed by atoms with Crippen LogP contribution in [-0.4, -0.2) is 37.1 Å². The molecule has 4 aromatic rings. The van der Waals surface area contributed by atoms with Crippen LogP contribution in [0.25, 0.3) is 33.0 Å². The molecule has 0 N–H and O–H groups in total. The Bertz CT molecular complexity index is 1500. The standard InChI is InChI=1S/C33H30F3NO2/c1-2-39-31(38)26-20-25-19-24(22-3-10-28(11-4-22)33(34,35)36)7-12-29(25)30(21-26)23-5-8-27(9-6-23)32-13-16-37(17-14-32)18-15-32/h3-12,19-21H,2,13-18H2,1H3. The average molecular weight is 530 g/mol. The van der Waals surface area contributed by atoms with Crippen molar-refractivity contribution in [1.29, 1.82) is 0 Å². The molecule has 3 nitrogen and oxygen atoms in total. The number of piperidine rings is 3. The molecule has 2 bridgehead atoms. The normalized spacial score (nSPS) is 20.8. The highest BCUT2D eigenvalue weighted by atomic mass is 19.4. The number of alkyl halides is 3. The molecule has 3 aliphatic heterocycles. The molecule has 39 heavy (non-hydrogen) atoms. The molecular weight excluding hydrogens is 499 g/mol. The van der Waals surface area contributed by atoms with Crippen LogP contribution in [0.2, 0.25) is 0 Å². The minimum absolute atomic E-state index is 0.263. The molecule has 7 rings (SSSR count). The molecule has 4 aromatic carbocycles. The minimum atomic E-state index is -4.38. The van der Waals surface area contributed by atoms with Crippen molar-refractivity contribution in [3.63, 3.8) is 0 Å². The Morgan fingerprint density at radius 2 is 1.44 bits per heavy atom. The fourth-order valence-corrected chi connectivity index (χ4v) is 6.24. The Hall–Kier alpha value is -3.64. The molecule has 0 aromatic heterocycles. The maximum atomic E-state index is 13.0. The average Bonchev–Trinajstić information content (AvgIpc) is 2.97. The van der Waals surface area contributed by atoms with Crippen molar-refractivity contribution in [1.82, 2.24) is 4.90 Å². The molecular formula is C33H30F3NO2. The molecule has 3 saturated heterocycles. The summed E-state index contributed by atoms with van der Waals surface area (Å²) in [5, 5.41) is 1.80. The highest BCUT2D eigenvalue weighted by Gasteiger charge is 2.40. The summed E-state index contributed by atoms with van der Waals surface area (Å²) in [6.45, 7) is 5.53. The third-order valence-corrected chi connectivity index (χ3v) is 8.54. The maximum Gasteiger partial charge on any atom is 0.416 e. The number of ether oxygens (including phenoxy) is 1. The molecule has 200 valence electrons. The number of hydrogen-bond acceptors (Lipinski definition) is 3. The molecule has 6 heteroatoms. The van der Waals surface area contributed by atoms with Gasteiger partial charge in [0.1, 0.15) is 0 Å². The van der Waals surface area contributed by atoms with E-state index in [1.165, 1.54) is 37.0 Å². The van der Waals surface area contributed by atoms with E-state index in [0.29, 0.717) is 11.1 Å². The topological polar surface area (TPSA) is 29.5 Å². The number of halogens is 3. The zero-order valence-corrected chi connectivity index (χ0v) is 21.9. The van der Waals surface area contributed by atoms with Crippen molar-refractivity contribution in [2.24, 2.45) is 0 Å². The molecule has 0 atom stereocenters. The van der Waals surface area contributed by atoms with E-state index in [1.807, 2.05) is 24.3 Å². The Kier molecular flexibility index (Phi) is 6.46. The summed E-state index contributed by atoms with van der Waals surface area (Å²) in [6.07, 6.45) is -0.796. The second-order valence-electron chi connectivity index (χ2n) is 10.7. The van der Waals surface area contributed by atoms with Crippen LogP contribution in [-0.2, 0) is 16.3 Å². The van der Waals surface area contributed by atoms with Gasteiger partial charge in [0.2, 0.25) is 0 Å². The Labute approximate surface area is 226 Å². The Morgan fingerprint density at radius 3 is 2.05 bits per heavy atom. The van der Waals surface area contributed by atoms with Gasteiger partial charge in [-0.25, -0.2) is 4.79 Å². The number of rotatable bonds is 5. The van der Waals surface area contributed by atoms with E-state index in [0.717, 1.165) is 59.2 Å². The number of benzene rings is 4. The summed E-state index contributed by atoms with van der Waals surface area (Å²) in [5.41, 5.74) is 4.82. The highest BCUT2D eigenvalue weighted by molar-refractivity contribution is 6.04. The van der Waals surface area contributed by atoms with Crippen LogP contribution < -0.4 is 0 Å². The predicted molar refractivity (Wildman–Crippen MR) is 148 cm³/mol. The lowest BCUT2D eigenvalue weighted by molar-refractivity contribution is -0.137. The molecule has 3 fully saturated rings. The minimum Gasteiger partial charge on any atom is -0.462 e. The van der Waals surface area contributed by atoms with Gasteiger partial charge < -0.3 is 9.64 Å². The lowest BCUT2D eigenvalue weighted by atomic mass is 9.67. The Balaban J connectivity index is 1.41. The fourth-order valence-electron chi connectivity index (χ4n) is 6.24. The fraction of sp³-hybridized carbons (Fsp3) is 0.303. The summed E-state index contributed by atoms with van der Waals surface area (Å²) in [6, 6.07) is 23.4. The molecule has 0 aliphatic carbocycles. The summed E-state index contributed by atoms with van der Waals surface area (Å²) >= 11 is 0. The van der Waals surface area contributed by atoms with Crippen molar-refractivity contribution < 1.29 is 22.7 Å². The van der Waals surface area contributed by atoms with Gasteiger partial charge in [-0.3, -0.25) is 0 Å². The molecule has 0 unspecified atom stereocenters. The first-order valence-corrected chi connectivity index (χ1v) is 13.5. The van der Waals surface area contributed by atoms with Crippen molar-refractivity contribution in [2.45, 2.75) is 37.8 Å². The lowest BCUT2D eigenvalue weighted by Crippen LogP contribution is -2.50. The highest BCUT2D eigenvalue weighted by Crippen LogP contribution is 2.43. The van der Waals surface area contributed by atoms with Crippen LogP contribution in [0.4, 0.5) is 13.2 Å². The van der Waals surface area contributed by atoms with Gasteiger partial charge in [-0.05, 0) is 120 Å². The lowest BCUT2D eigenvalue weighted by Gasteiger charge is -2.49. The van der Waals surface area contributed by atoms with Gasteiger partial charge in [-0.1, -0.05) is 48.5 Å². The molecule has 3 heterocycles. The van der Waals surface area contributed by atoms with Crippen molar-refractivity contribution in [2.75, 3.05) is 26.2 Å². The van der Waals surface area contributed by atoms with E-state index in [9.17, 15) is 18.0 Å². The molecule has 0 radical (unpaired) electrons. The van der Waals surface area contributed by atoms with E-state index in [4.69, 9.17) is 4.74 Å². The summed E-state index contributed by atoms with van der Waals surface area (Å²) in [5.74, 6) is -0.398. The number of fused-ring (bicyclic) bond motifs is 4. The number of carbonyl (C=O) groups excluding carboxylic acids is 1. The first kappa shape index (κ1) is 25.6. The van der Waals surface area contributed by atoms with E-state index < -0.39 is 17.7 Å². The van der Waals surface area contributed by atoms with E-state index >= 15 is 0 Å². The summed E-state index contributed by atoms with van der Waals surface area (Å²) in [4.78, 5) is 15.3. The van der Waals surface area contributed by atoms with Crippen LogP contribution in [0.3, 0.4) is 0 Å². The Morgan fingerprint density at radius 1 is 0.821 bits per heavy atom. The van der Waals surface area contributed by atoms with Crippen molar-refractivity contribution in [3.05, 3.63) is 95.6 Å². The van der Waals surface area contributed by atoms with Crippen LogP contribution in [0.1, 0.15) is 47.7 Å². The maximum absolute atomic E-state index is 13.0. The van der Waals surface area contributed by atoms with E-state index in [1.54, 1.807) is 13.0 Å². The third kappa shape index (κ3) is 4.82. The largest absolute Gasteiger partial charge is 0.462 e. The monoisotopic (exact) mass is 529 g/mol. The predicted octanol–water partition coefficient (Wildman–Crippen LogP) is 8.11. The second-order valence-corrected chi connectivity index (χ2v) is 10.7. The number of nitrogens with zero attached hydrogens (tertiary/aromatic N) is 1. The van der Waals surface area contributed by atoms with Gasteiger partial charge >= 0.3 is 12.1 Å². The van der Waals surface area contributed by atoms with Crippen LogP contribution in [0.5, 0.6) is 0 Å². The van der Waals surface area contributed by atoms with Crippen LogP contribution in [0.15, 0.2) is 78.9 Å². The molecule has 0 saturated carbocycles. The van der Waals surface area contributed by atoms with Gasteiger partial charge in [0.25, 0.3) is 0 Å². The smallest absolute Gasteiger partial charge is 0.416 e. The zero-order chi connectivity index (χ0) is 27.2. The van der Waals surface area contributed by atoms with Crippen molar-refractivity contribution in [3.8, 4) is 22.3 Å². The quantitative estimate of drug-likeness (QED) is 0.245. The molecule has 0 amide bonds. The number of carbonyl (C=O) groups is 1. The van der Waals surface area contributed by atoms with Gasteiger partial charge in [0.15, 0.2) is 0 Å². The van der Waals surface area contributed by atoms with Gasteiger partial charge in [0, 0.05) is 0 Å². The number of hydrogen-bond donors (Lipinski definition) is 0. The summed E-state index contributed by atoms with van der Waals surface area (Å²) < 4.78 is 44.5. The van der Waals surface area contributed by atoms with Gasteiger partial charge in [-0.2, -0.15) is 13.2 Å². The van der Waals surface area contributed by atoms with Gasteiger partial charge in [-0.15, -0.1) is 0 Å². The molecule has 0 spiro atoms. The van der Waals surface area contributed by atoms with Crippen LogP contribution in [0, 0.1) is 0 Å². The third-order valence-electron chi connectivity index (χ3n) is 8.54. The first-order chi connectivity index (χ1) is 18.8. The number of esters is 1.